The maximum atomic E-state index is 12.4. The second kappa shape index (κ2) is 7.72. The zero-order valence-corrected chi connectivity index (χ0v) is 11.9. The van der Waals surface area contributed by atoms with Crippen LogP contribution in [-0.4, -0.2) is 29.0 Å². The number of para-hydroxylation sites is 1. The van der Waals surface area contributed by atoms with Crippen LogP contribution in [0, 0.1) is 10.1 Å². The second-order valence-corrected chi connectivity index (χ2v) is 4.57. The summed E-state index contributed by atoms with van der Waals surface area (Å²) in [6.07, 6.45) is 3.43. The molecular formula is C15H16N4O3. The monoisotopic (exact) mass is 300 g/mol. The number of nitro groups is 1. The molecule has 1 aromatic heterocycles. The lowest BCUT2D eigenvalue weighted by atomic mass is 10.2. The van der Waals surface area contributed by atoms with Gasteiger partial charge >= 0.3 is 6.03 Å². The van der Waals surface area contributed by atoms with E-state index >= 15 is 0 Å². The van der Waals surface area contributed by atoms with Crippen LogP contribution in [0.1, 0.15) is 6.42 Å². The van der Waals surface area contributed by atoms with Crippen LogP contribution in [0.2, 0.25) is 0 Å². The molecule has 1 heterocycles. The van der Waals surface area contributed by atoms with E-state index in [0.717, 1.165) is 0 Å². The van der Waals surface area contributed by atoms with Gasteiger partial charge in [0.1, 0.15) is 0 Å². The lowest BCUT2D eigenvalue weighted by molar-refractivity contribution is -0.480. The molecule has 0 atom stereocenters. The van der Waals surface area contributed by atoms with Gasteiger partial charge in [-0.15, -0.1) is 0 Å². The van der Waals surface area contributed by atoms with E-state index in [-0.39, 0.29) is 30.5 Å². The van der Waals surface area contributed by atoms with E-state index in [2.05, 4.69) is 10.3 Å². The van der Waals surface area contributed by atoms with Crippen molar-refractivity contribution in [2.24, 2.45) is 0 Å². The maximum absolute atomic E-state index is 12.4. The molecule has 0 aliphatic carbocycles. The molecular weight excluding hydrogens is 284 g/mol. The second-order valence-electron chi connectivity index (χ2n) is 4.57. The summed E-state index contributed by atoms with van der Waals surface area (Å²) >= 11 is 0. The number of amides is 2. The van der Waals surface area contributed by atoms with Gasteiger partial charge in [-0.1, -0.05) is 18.2 Å². The molecule has 0 unspecified atom stereocenters. The Hall–Kier alpha value is -2.96. The maximum Gasteiger partial charge on any atom is 0.326 e. The van der Waals surface area contributed by atoms with E-state index < -0.39 is 0 Å². The van der Waals surface area contributed by atoms with E-state index in [1.807, 2.05) is 18.2 Å². The predicted molar refractivity (Wildman–Crippen MR) is 83.5 cm³/mol. The fourth-order valence-corrected chi connectivity index (χ4v) is 1.94. The molecule has 114 valence electrons. The number of benzene rings is 1. The number of nitrogens with one attached hydrogen (secondary N) is 1. The van der Waals surface area contributed by atoms with E-state index in [0.29, 0.717) is 11.4 Å². The van der Waals surface area contributed by atoms with Crippen molar-refractivity contribution in [3.05, 3.63) is 65.0 Å². The van der Waals surface area contributed by atoms with Gasteiger partial charge in [-0.25, -0.2) is 4.79 Å². The molecule has 22 heavy (non-hydrogen) atoms. The first-order valence-electron chi connectivity index (χ1n) is 6.82. The minimum atomic E-state index is -0.387. The summed E-state index contributed by atoms with van der Waals surface area (Å²) in [5.41, 5.74) is 1.26. The van der Waals surface area contributed by atoms with E-state index in [1.54, 1.807) is 30.5 Å². The van der Waals surface area contributed by atoms with Crippen LogP contribution in [0.25, 0.3) is 0 Å². The molecule has 0 saturated heterocycles. The number of aromatic nitrogens is 1. The summed E-state index contributed by atoms with van der Waals surface area (Å²) in [4.78, 5) is 27.9. The molecule has 1 aromatic carbocycles. The predicted octanol–water partition coefficient (Wildman–Crippen LogP) is 2.79. The van der Waals surface area contributed by atoms with Crippen LogP contribution in [0.3, 0.4) is 0 Å². The Bertz CT molecular complexity index is 619. The molecule has 0 saturated carbocycles. The van der Waals surface area contributed by atoms with Gasteiger partial charge in [-0.2, -0.15) is 0 Å². The van der Waals surface area contributed by atoms with Crippen molar-refractivity contribution >= 4 is 17.4 Å². The number of pyridine rings is 1. The number of carbonyl (C=O) groups excluding carboxylic acids is 1. The average Bonchev–Trinajstić information content (AvgIpc) is 2.53. The summed E-state index contributed by atoms with van der Waals surface area (Å²) in [7, 11) is 0. The fourth-order valence-electron chi connectivity index (χ4n) is 1.94. The molecule has 0 fully saturated rings. The highest BCUT2D eigenvalue weighted by Crippen LogP contribution is 2.16. The summed E-state index contributed by atoms with van der Waals surface area (Å²) in [6, 6.07) is 12.1. The van der Waals surface area contributed by atoms with Gasteiger partial charge in [0, 0.05) is 29.8 Å². The van der Waals surface area contributed by atoms with Crippen LogP contribution in [-0.2, 0) is 0 Å². The number of rotatable bonds is 6. The quantitative estimate of drug-likeness (QED) is 0.656. The van der Waals surface area contributed by atoms with E-state index in [1.165, 1.54) is 11.1 Å². The Balaban J connectivity index is 2.09. The molecule has 0 aliphatic rings. The standard InChI is InChI=1S/C15H16N4O3/c20-15(17-13-6-4-9-16-12-13)18(10-5-11-19(21)22)14-7-2-1-3-8-14/h1-4,6-9,12H,5,10-11H2,(H,17,20). The highest BCUT2D eigenvalue weighted by atomic mass is 16.6. The summed E-state index contributed by atoms with van der Waals surface area (Å²) in [6.45, 7) is 0.0839. The average molecular weight is 300 g/mol. The molecule has 1 N–H and O–H groups in total. The molecule has 0 aliphatic heterocycles. The molecule has 0 radical (unpaired) electrons. The number of nitrogens with zero attached hydrogens (tertiary/aromatic N) is 3. The summed E-state index contributed by atoms with van der Waals surface area (Å²) < 4.78 is 0. The van der Waals surface area contributed by atoms with Crippen molar-refractivity contribution in [1.29, 1.82) is 0 Å². The lowest BCUT2D eigenvalue weighted by Gasteiger charge is -2.22. The minimum absolute atomic E-state index is 0.177. The van der Waals surface area contributed by atoms with Crippen LogP contribution >= 0.6 is 0 Å². The summed E-state index contributed by atoms with van der Waals surface area (Å²) in [5, 5.41) is 13.2. The van der Waals surface area contributed by atoms with Crippen LogP contribution in [0.15, 0.2) is 54.9 Å². The van der Waals surface area contributed by atoms with Crippen molar-refractivity contribution < 1.29 is 9.72 Å². The van der Waals surface area contributed by atoms with Crippen molar-refractivity contribution in [3.8, 4) is 0 Å². The molecule has 7 heteroatoms. The molecule has 0 bridgehead atoms. The minimum Gasteiger partial charge on any atom is -0.306 e. The lowest BCUT2D eigenvalue weighted by Crippen LogP contribution is -2.36. The zero-order valence-electron chi connectivity index (χ0n) is 11.9. The first kappa shape index (κ1) is 15.4. The largest absolute Gasteiger partial charge is 0.326 e. The molecule has 0 spiro atoms. The van der Waals surface area contributed by atoms with E-state index in [4.69, 9.17) is 0 Å². The Kier molecular flexibility index (Phi) is 5.42. The SMILES string of the molecule is O=C(Nc1cccnc1)N(CCC[N+](=O)[O-])c1ccccc1. The zero-order chi connectivity index (χ0) is 15.8. The highest BCUT2D eigenvalue weighted by molar-refractivity contribution is 6.01. The molecule has 2 amide bonds. The van der Waals surface area contributed by atoms with Gasteiger partial charge in [0.2, 0.25) is 6.54 Å². The Morgan fingerprint density at radius 1 is 1.23 bits per heavy atom. The number of urea groups is 1. The third-order valence-electron chi connectivity index (χ3n) is 2.95. The first-order valence-corrected chi connectivity index (χ1v) is 6.82. The molecule has 2 aromatic rings. The third-order valence-corrected chi connectivity index (χ3v) is 2.95. The Labute approximate surface area is 127 Å². The van der Waals surface area contributed by atoms with Crippen LogP contribution in [0.4, 0.5) is 16.2 Å². The van der Waals surface area contributed by atoms with Crippen molar-refractivity contribution in [1.82, 2.24) is 4.98 Å². The van der Waals surface area contributed by atoms with Gasteiger partial charge in [-0.3, -0.25) is 20.0 Å². The Morgan fingerprint density at radius 2 is 2.00 bits per heavy atom. The third kappa shape index (κ3) is 4.55. The number of carbonyl (C=O) groups is 1. The molecule has 2 rings (SSSR count). The summed E-state index contributed by atoms with van der Waals surface area (Å²) in [5.74, 6) is 0. The first-order chi connectivity index (χ1) is 10.7. The van der Waals surface area contributed by atoms with Crippen molar-refractivity contribution in [2.75, 3.05) is 23.3 Å². The van der Waals surface area contributed by atoms with Crippen molar-refractivity contribution in [3.63, 3.8) is 0 Å². The number of hydrogen-bond acceptors (Lipinski definition) is 4. The highest BCUT2D eigenvalue weighted by Gasteiger charge is 2.16. The fraction of sp³-hybridized carbons (Fsp3) is 0.200. The van der Waals surface area contributed by atoms with Gasteiger partial charge < -0.3 is 5.32 Å². The topological polar surface area (TPSA) is 88.4 Å². The van der Waals surface area contributed by atoms with Crippen LogP contribution in [0.5, 0.6) is 0 Å². The van der Waals surface area contributed by atoms with Gasteiger partial charge in [0.05, 0.1) is 11.9 Å². The van der Waals surface area contributed by atoms with E-state index in [9.17, 15) is 14.9 Å². The number of hydrogen-bond donors (Lipinski definition) is 1. The van der Waals surface area contributed by atoms with Gasteiger partial charge in [0.15, 0.2) is 0 Å². The van der Waals surface area contributed by atoms with Crippen molar-refractivity contribution in [2.45, 2.75) is 6.42 Å². The number of anilines is 2. The van der Waals surface area contributed by atoms with Gasteiger partial charge in [0.25, 0.3) is 0 Å². The molecule has 7 nitrogen and oxygen atoms in total. The smallest absolute Gasteiger partial charge is 0.306 e. The van der Waals surface area contributed by atoms with Gasteiger partial charge in [-0.05, 0) is 24.3 Å². The Morgan fingerprint density at radius 3 is 2.64 bits per heavy atom. The van der Waals surface area contributed by atoms with Crippen LogP contribution < -0.4 is 10.2 Å². The normalized spacial score (nSPS) is 10.0.